The molecule has 0 spiro atoms. The molecule has 3 aromatic carbocycles. The van der Waals surface area contributed by atoms with Crippen LogP contribution in [0.25, 0.3) is 0 Å². The van der Waals surface area contributed by atoms with Crippen LogP contribution < -0.4 is 4.74 Å². The Morgan fingerprint density at radius 3 is 2.29 bits per heavy atom. The van der Waals surface area contributed by atoms with Gasteiger partial charge in [0.1, 0.15) is 12.3 Å². The molecule has 0 saturated heterocycles. The maximum Gasteiger partial charge on any atom is 0.254 e. The lowest BCUT2D eigenvalue weighted by molar-refractivity contribution is -0.133. The number of carbonyl (C=O) groups excluding carboxylic acids is 2. The highest BCUT2D eigenvalue weighted by atomic mass is 16.5. The fourth-order valence-electron chi connectivity index (χ4n) is 4.86. The molecule has 0 atom stereocenters. The molecule has 0 aliphatic carbocycles. The van der Waals surface area contributed by atoms with Gasteiger partial charge in [0, 0.05) is 37.1 Å². The maximum absolute atomic E-state index is 14.0. The smallest absolute Gasteiger partial charge is 0.254 e. The number of aromatic nitrogens is 1. The Bertz CT molecular complexity index is 1430. The van der Waals surface area contributed by atoms with E-state index >= 15 is 0 Å². The summed E-state index contributed by atoms with van der Waals surface area (Å²) in [5.74, 6) is 1.06. The zero-order chi connectivity index (χ0) is 29.2. The minimum atomic E-state index is -0.0989. The third kappa shape index (κ3) is 8.34. The Balaban J connectivity index is 1.58. The van der Waals surface area contributed by atoms with Crippen molar-refractivity contribution in [3.05, 3.63) is 125 Å². The van der Waals surface area contributed by atoms with Crippen LogP contribution in [0, 0.1) is 12.8 Å². The van der Waals surface area contributed by atoms with Crippen molar-refractivity contribution in [2.24, 2.45) is 5.92 Å². The zero-order valence-electron chi connectivity index (χ0n) is 24.6. The quantitative estimate of drug-likeness (QED) is 0.189. The molecule has 1 heterocycles. The first-order valence-electron chi connectivity index (χ1n) is 14.3. The maximum atomic E-state index is 14.0. The molecule has 0 saturated carbocycles. The summed E-state index contributed by atoms with van der Waals surface area (Å²) in [6.45, 7) is 8.33. The third-order valence-corrected chi connectivity index (χ3v) is 7.30. The minimum Gasteiger partial charge on any atom is -0.497 e. The van der Waals surface area contributed by atoms with Crippen LogP contribution in [-0.4, -0.2) is 46.4 Å². The Morgan fingerprint density at radius 1 is 0.829 bits per heavy atom. The van der Waals surface area contributed by atoms with E-state index < -0.39 is 0 Å². The van der Waals surface area contributed by atoms with Gasteiger partial charge in [-0.3, -0.25) is 9.59 Å². The fourth-order valence-corrected chi connectivity index (χ4v) is 4.86. The van der Waals surface area contributed by atoms with Crippen molar-refractivity contribution in [2.45, 2.75) is 46.8 Å². The molecule has 214 valence electrons. The SMILES string of the molecule is COc1cccc(Cn2cccc2CN(Cc2ccccc2)C(=O)CN(CCC(C)C)C(=O)c2ccccc2C)c1. The lowest BCUT2D eigenvalue weighted by Gasteiger charge is -2.29. The largest absolute Gasteiger partial charge is 0.497 e. The van der Waals surface area contributed by atoms with Gasteiger partial charge in [-0.15, -0.1) is 0 Å². The van der Waals surface area contributed by atoms with Gasteiger partial charge in [-0.1, -0.05) is 74.5 Å². The van der Waals surface area contributed by atoms with Crippen molar-refractivity contribution in [1.29, 1.82) is 0 Å². The molecule has 0 aliphatic rings. The van der Waals surface area contributed by atoms with Crippen LogP contribution in [0.5, 0.6) is 5.75 Å². The molecule has 1 aromatic heterocycles. The van der Waals surface area contributed by atoms with Crippen molar-refractivity contribution >= 4 is 11.8 Å². The van der Waals surface area contributed by atoms with E-state index in [9.17, 15) is 9.59 Å². The number of nitrogens with zero attached hydrogens (tertiary/aromatic N) is 3. The van der Waals surface area contributed by atoms with E-state index in [2.05, 4.69) is 30.5 Å². The van der Waals surface area contributed by atoms with Gasteiger partial charge in [0.15, 0.2) is 0 Å². The van der Waals surface area contributed by atoms with Crippen LogP contribution in [0.3, 0.4) is 0 Å². The Kier molecular flexibility index (Phi) is 10.4. The number of benzene rings is 3. The summed E-state index contributed by atoms with van der Waals surface area (Å²) < 4.78 is 7.56. The van der Waals surface area contributed by atoms with E-state index in [1.54, 1.807) is 12.0 Å². The van der Waals surface area contributed by atoms with Crippen molar-refractivity contribution < 1.29 is 14.3 Å². The molecule has 6 heteroatoms. The van der Waals surface area contributed by atoms with E-state index in [1.165, 1.54) is 0 Å². The lowest BCUT2D eigenvalue weighted by Crippen LogP contribution is -2.43. The van der Waals surface area contributed by atoms with E-state index in [4.69, 9.17) is 4.74 Å². The average molecular weight is 552 g/mol. The number of amides is 2. The summed E-state index contributed by atoms with van der Waals surface area (Å²) in [7, 11) is 1.67. The summed E-state index contributed by atoms with van der Waals surface area (Å²) in [5.41, 5.74) is 4.75. The first-order valence-corrected chi connectivity index (χ1v) is 14.3. The molecule has 2 amide bonds. The molecule has 6 nitrogen and oxygen atoms in total. The number of hydrogen-bond acceptors (Lipinski definition) is 3. The van der Waals surface area contributed by atoms with Gasteiger partial charge in [0.05, 0.1) is 13.7 Å². The molecular weight excluding hydrogens is 510 g/mol. The van der Waals surface area contributed by atoms with Gasteiger partial charge >= 0.3 is 0 Å². The van der Waals surface area contributed by atoms with Crippen molar-refractivity contribution in [2.75, 3.05) is 20.2 Å². The van der Waals surface area contributed by atoms with Crippen LogP contribution >= 0.6 is 0 Å². The van der Waals surface area contributed by atoms with E-state index in [-0.39, 0.29) is 18.4 Å². The van der Waals surface area contributed by atoms with Crippen molar-refractivity contribution in [1.82, 2.24) is 14.4 Å². The highest BCUT2D eigenvalue weighted by Crippen LogP contribution is 2.18. The predicted octanol–water partition coefficient (Wildman–Crippen LogP) is 6.57. The summed E-state index contributed by atoms with van der Waals surface area (Å²) in [6.07, 6.45) is 2.86. The minimum absolute atomic E-state index is 0.0311. The second-order valence-corrected chi connectivity index (χ2v) is 10.9. The number of aryl methyl sites for hydroxylation is 1. The van der Waals surface area contributed by atoms with Crippen LogP contribution in [-0.2, 0) is 24.4 Å². The third-order valence-electron chi connectivity index (χ3n) is 7.30. The first kappa shape index (κ1) is 29.7. The monoisotopic (exact) mass is 551 g/mol. The molecule has 4 aromatic rings. The van der Waals surface area contributed by atoms with Crippen LogP contribution in [0.4, 0.5) is 0 Å². The van der Waals surface area contributed by atoms with Gasteiger partial charge in [-0.2, -0.15) is 0 Å². The highest BCUT2D eigenvalue weighted by Gasteiger charge is 2.24. The number of rotatable bonds is 13. The van der Waals surface area contributed by atoms with E-state index in [0.717, 1.165) is 34.6 Å². The van der Waals surface area contributed by atoms with Gasteiger partial charge in [0.2, 0.25) is 5.91 Å². The summed E-state index contributed by atoms with van der Waals surface area (Å²) in [6, 6.07) is 29.7. The molecule has 0 fully saturated rings. The number of carbonyl (C=O) groups is 2. The van der Waals surface area contributed by atoms with Crippen molar-refractivity contribution in [3.8, 4) is 5.75 Å². The molecule has 0 radical (unpaired) electrons. The Morgan fingerprint density at radius 2 is 1.56 bits per heavy atom. The summed E-state index contributed by atoms with van der Waals surface area (Å²) >= 11 is 0. The van der Waals surface area contributed by atoms with Crippen molar-refractivity contribution in [3.63, 3.8) is 0 Å². The van der Waals surface area contributed by atoms with Crippen LogP contribution in [0.15, 0.2) is 97.2 Å². The zero-order valence-corrected chi connectivity index (χ0v) is 24.6. The van der Waals surface area contributed by atoms with Crippen LogP contribution in [0.2, 0.25) is 0 Å². The number of hydrogen-bond donors (Lipinski definition) is 0. The van der Waals surface area contributed by atoms with Gasteiger partial charge < -0.3 is 19.1 Å². The number of methoxy groups -OCH3 is 1. The Hall–Kier alpha value is -4.32. The molecule has 41 heavy (non-hydrogen) atoms. The molecule has 0 aliphatic heterocycles. The highest BCUT2D eigenvalue weighted by molar-refractivity contribution is 5.97. The molecule has 0 N–H and O–H groups in total. The second-order valence-electron chi connectivity index (χ2n) is 10.9. The second kappa shape index (κ2) is 14.4. The first-order chi connectivity index (χ1) is 19.8. The van der Waals surface area contributed by atoms with Crippen LogP contribution in [0.1, 0.15) is 53.0 Å². The van der Waals surface area contributed by atoms with E-state index in [1.807, 2.05) is 96.9 Å². The molecule has 0 bridgehead atoms. The topological polar surface area (TPSA) is 54.8 Å². The summed E-state index contributed by atoms with van der Waals surface area (Å²) in [4.78, 5) is 31.3. The predicted molar refractivity (Wildman–Crippen MR) is 164 cm³/mol. The summed E-state index contributed by atoms with van der Waals surface area (Å²) in [5, 5.41) is 0. The molecule has 0 unspecified atom stereocenters. The van der Waals surface area contributed by atoms with Gasteiger partial charge in [-0.05, 0) is 66.3 Å². The standard InChI is InChI=1S/C35H41N3O3/c1-27(2)19-21-37(35(40)33-18-9-8-12-28(33)3)26-34(39)38(23-29-13-6-5-7-14-29)25-31-16-11-20-36(31)24-30-15-10-17-32(22-30)41-4/h5-18,20,22,27H,19,21,23-26H2,1-4H3. The average Bonchev–Trinajstić information content (AvgIpc) is 3.41. The van der Waals surface area contributed by atoms with Gasteiger partial charge in [0.25, 0.3) is 5.91 Å². The lowest BCUT2D eigenvalue weighted by atomic mass is 10.1. The van der Waals surface area contributed by atoms with Gasteiger partial charge in [-0.25, -0.2) is 0 Å². The number of ether oxygens (including phenoxy) is 1. The fraction of sp³-hybridized carbons (Fsp3) is 0.314. The normalized spacial score (nSPS) is 11.0. The molecule has 4 rings (SSSR count). The molecular formula is C35H41N3O3. The Labute approximate surface area is 244 Å². The van der Waals surface area contributed by atoms with E-state index in [0.29, 0.717) is 37.7 Å².